The first kappa shape index (κ1) is 20.7. The average Bonchev–Trinajstić information content (AvgIpc) is 2.70. The Morgan fingerprint density at radius 1 is 1.11 bits per heavy atom. The molecule has 6 nitrogen and oxygen atoms in total. The van der Waals surface area contributed by atoms with Crippen molar-refractivity contribution >= 4 is 33.4 Å². The van der Waals surface area contributed by atoms with E-state index < -0.39 is 27.6 Å². The first-order valence-corrected chi connectivity index (χ1v) is 11.1. The van der Waals surface area contributed by atoms with Crippen LogP contribution in [0, 0.1) is 11.6 Å². The number of nitrogens with zero attached hydrogens (tertiary/aromatic N) is 2. The van der Waals surface area contributed by atoms with Crippen LogP contribution in [0.4, 0.5) is 14.5 Å². The van der Waals surface area contributed by atoms with Crippen molar-refractivity contribution in [3.8, 4) is 0 Å². The molecule has 0 aliphatic carbocycles. The number of anilines is 1. The van der Waals surface area contributed by atoms with Crippen molar-refractivity contribution in [1.82, 2.24) is 9.29 Å². The second-order valence-electron chi connectivity index (χ2n) is 6.26. The normalized spacial score (nSPS) is 15.4. The summed E-state index contributed by atoms with van der Waals surface area (Å²) in [6.45, 7) is 1.03. The van der Waals surface area contributed by atoms with Gasteiger partial charge < -0.3 is 5.32 Å². The van der Waals surface area contributed by atoms with Crippen molar-refractivity contribution in [2.24, 2.45) is 0 Å². The summed E-state index contributed by atoms with van der Waals surface area (Å²) in [7, 11) is -3.54. The van der Waals surface area contributed by atoms with Crippen molar-refractivity contribution in [2.75, 3.05) is 24.2 Å². The number of nitrogens with one attached hydrogen (secondary N) is 1. The highest BCUT2D eigenvalue weighted by atomic mass is 32.2. The molecule has 1 aliphatic rings. The molecule has 0 unspecified atom stereocenters. The van der Waals surface area contributed by atoms with Gasteiger partial charge in [-0.15, -0.1) is 0 Å². The van der Waals surface area contributed by atoms with Crippen LogP contribution in [0.5, 0.6) is 0 Å². The van der Waals surface area contributed by atoms with Crippen molar-refractivity contribution < 1.29 is 22.0 Å². The Hall–Kier alpha value is -2.04. The minimum Gasteiger partial charge on any atom is -0.325 e. The Morgan fingerprint density at radius 2 is 1.86 bits per heavy atom. The van der Waals surface area contributed by atoms with Crippen LogP contribution in [0.1, 0.15) is 19.3 Å². The lowest BCUT2D eigenvalue weighted by Crippen LogP contribution is -2.35. The quantitative estimate of drug-likeness (QED) is 0.716. The molecule has 1 fully saturated rings. The first-order valence-electron chi connectivity index (χ1n) is 8.70. The standard InChI is InChI=1S/C18H19F2N3O3S2/c19-15-6-4-13(10-16(15)20)22-17(24)12-27-18-7-5-14(11-21-18)28(25,26)23-8-2-1-3-9-23/h4-7,10-11H,1-3,8-9,12H2,(H,22,24). The highest BCUT2D eigenvalue weighted by Gasteiger charge is 2.26. The molecule has 1 N–H and O–H groups in total. The van der Waals surface area contributed by atoms with E-state index in [1.54, 1.807) is 6.07 Å². The van der Waals surface area contributed by atoms with Gasteiger partial charge in [0, 0.05) is 31.0 Å². The molecule has 0 radical (unpaired) electrons. The molecule has 0 bridgehead atoms. The van der Waals surface area contributed by atoms with E-state index in [0.29, 0.717) is 18.1 Å². The molecule has 1 saturated heterocycles. The van der Waals surface area contributed by atoms with Gasteiger partial charge in [-0.2, -0.15) is 4.31 Å². The number of piperidine rings is 1. The monoisotopic (exact) mass is 427 g/mol. The van der Waals surface area contributed by atoms with Crippen LogP contribution in [-0.4, -0.2) is 42.5 Å². The van der Waals surface area contributed by atoms with Crippen molar-refractivity contribution in [1.29, 1.82) is 0 Å². The SMILES string of the molecule is O=C(CSc1ccc(S(=O)(=O)N2CCCCC2)cn1)Nc1ccc(F)c(F)c1. The molecule has 2 heterocycles. The number of hydrogen-bond donors (Lipinski definition) is 1. The summed E-state index contributed by atoms with van der Waals surface area (Å²) >= 11 is 1.11. The summed E-state index contributed by atoms with van der Waals surface area (Å²) in [4.78, 5) is 16.2. The number of benzene rings is 1. The minimum absolute atomic E-state index is 0.00971. The van der Waals surface area contributed by atoms with E-state index >= 15 is 0 Å². The van der Waals surface area contributed by atoms with Crippen LogP contribution in [0.15, 0.2) is 46.5 Å². The number of rotatable bonds is 6. The van der Waals surface area contributed by atoms with Crippen molar-refractivity contribution in [3.63, 3.8) is 0 Å². The molecule has 150 valence electrons. The highest BCUT2D eigenvalue weighted by molar-refractivity contribution is 7.99. The molecule has 1 aromatic carbocycles. The fourth-order valence-electron chi connectivity index (χ4n) is 2.77. The number of pyridine rings is 1. The molecular formula is C18H19F2N3O3S2. The maximum absolute atomic E-state index is 13.2. The zero-order valence-electron chi connectivity index (χ0n) is 14.9. The third kappa shape index (κ3) is 5.06. The van der Waals surface area contributed by atoms with Gasteiger partial charge in [0.05, 0.1) is 10.8 Å². The molecule has 28 heavy (non-hydrogen) atoms. The molecule has 2 aromatic rings. The number of sulfonamides is 1. The number of halogens is 2. The van der Waals surface area contributed by atoms with Crippen LogP contribution < -0.4 is 5.32 Å². The molecule has 0 spiro atoms. The van der Waals surface area contributed by atoms with E-state index in [0.717, 1.165) is 43.2 Å². The zero-order chi connectivity index (χ0) is 20.1. The maximum Gasteiger partial charge on any atom is 0.244 e. The zero-order valence-corrected chi connectivity index (χ0v) is 16.5. The Bertz CT molecular complexity index is 947. The van der Waals surface area contributed by atoms with Crippen molar-refractivity contribution in [3.05, 3.63) is 48.2 Å². The second kappa shape index (κ2) is 8.97. The van der Waals surface area contributed by atoms with E-state index in [-0.39, 0.29) is 16.3 Å². The smallest absolute Gasteiger partial charge is 0.244 e. The predicted molar refractivity (Wildman–Crippen MR) is 103 cm³/mol. The second-order valence-corrected chi connectivity index (χ2v) is 9.20. The van der Waals surface area contributed by atoms with E-state index in [4.69, 9.17) is 0 Å². The van der Waals surface area contributed by atoms with Gasteiger partial charge in [0.25, 0.3) is 0 Å². The van der Waals surface area contributed by atoms with Crippen molar-refractivity contribution in [2.45, 2.75) is 29.2 Å². The number of amides is 1. The van der Waals surface area contributed by atoms with E-state index in [9.17, 15) is 22.0 Å². The van der Waals surface area contributed by atoms with E-state index in [1.165, 1.54) is 22.6 Å². The number of carbonyl (C=O) groups excluding carboxylic acids is 1. The predicted octanol–water partition coefficient (Wildman–Crippen LogP) is 3.27. The van der Waals surface area contributed by atoms with E-state index in [1.807, 2.05) is 0 Å². The summed E-state index contributed by atoms with van der Waals surface area (Å²) in [5, 5.41) is 2.95. The van der Waals surface area contributed by atoms with Gasteiger partial charge in [0.1, 0.15) is 4.90 Å². The Labute approximate surface area is 166 Å². The third-order valence-corrected chi connectivity index (χ3v) is 7.04. The summed E-state index contributed by atoms with van der Waals surface area (Å²) in [5.74, 6) is -2.46. The van der Waals surface area contributed by atoms with Gasteiger partial charge in [0.2, 0.25) is 15.9 Å². The Kier molecular flexibility index (Phi) is 6.63. The molecule has 0 atom stereocenters. The minimum atomic E-state index is -3.54. The fourth-order valence-corrected chi connectivity index (χ4v) is 4.88. The molecule has 3 rings (SSSR count). The number of hydrogen-bond acceptors (Lipinski definition) is 5. The van der Waals surface area contributed by atoms with Gasteiger partial charge in [-0.1, -0.05) is 18.2 Å². The van der Waals surface area contributed by atoms with E-state index in [2.05, 4.69) is 10.3 Å². The van der Waals surface area contributed by atoms with Crippen LogP contribution in [0.2, 0.25) is 0 Å². The lowest BCUT2D eigenvalue weighted by molar-refractivity contribution is -0.113. The lowest BCUT2D eigenvalue weighted by atomic mass is 10.2. The van der Waals surface area contributed by atoms with Gasteiger partial charge in [0.15, 0.2) is 11.6 Å². The highest BCUT2D eigenvalue weighted by Crippen LogP contribution is 2.22. The molecular weight excluding hydrogens is 408 g/mol. The summed E-state index contributed by atoms with van der Waals surface area (Å²) < 4.78 is 52.7. The molecule has 1 aliphatic heterocycles. The maximum atomic E-state index is 13.2. The first-order chi connectivity index (χ1) is 13.4. The topological polar surface area (TPSA) is 79.4 Å². The molecule has 10 heteroatoms. The summed E-state index contributed by atoms with van der Waals surface area (Å²) in [6, 6.07) is 6.12. The van der Waals surface area contributed by atoms with Gasteiger partial charge in [-0.25, -0.2) is 22.2 Å². The average molecular weight is 427 g/mol. The third-order valence-electron chi connectivity index (χ3n) is 4.22. The summed E-state index contributed by atoms with van der Waals surface area (Å²) in [6.07, 6.45) is 4.04. The van der Waals surface area contributed by atoms with Crippen LogP contribution in [0.25, 0.3) is 0 Å². The Balaban J connectivity index is 1.56. The largest absolute Gasteiger partial charge is 0.325 e. The van der Waals surface area contributed by atoms with Gasteiger partial charge in [-0.05, 0) is 37.1 Å². The van der Waals surface area contributed by atoms with Gasteiger partial charge in [-0.3, -0.25) is 4.79 Å². The number of aromatic nitrogens is 1. The Morgan fingerprint density at radius 3 is 2.50 bits per heavy atom. The summed E-state index contributed by atoms with van der Waals surface area (Å²) in [5.41, 5.74) is 0.153. The van der Waals surface area contributed by atoms with Crippen LogP contribution in [-0.2, 0) is 14.8 Å². The van der Waals surface area contributed by atoms with Crippen LogP contribution in [0.3, 0.4) is 0 Å². The molecule has 0 saturated carbocycles. The lowest BCUT2D eigenvalue weighted by Gasteiger charge is -2.25. The van der Waals surface area contributed by atoms with Crippen LogP contribution >= 0.6 is 11.8 Å². The fraction of sp³-hybridized carbons (Fsp3) is 0.333. The molecule has 1 amide bonds. The number of thioether (sulfide) groups is 1. The number of carbonyl (C=O) groups is 1. The molecule has 1 aromatic heterocycles. The van der Waals surface area contributed by atoms with Gasteiger partial charge >= 0.3 is 0 Å².